The van der Waals surface area contributed by atoms with Crippen molar-refractivity contribution in [3.63, 3.8) is 0 Å². The number of hydrogen-bond donors (Lipinski definition) is 3. The van der Waals surface area contributed by atoms with E-state index in [9.17, 15) is 14.4 Å². The van der Waals surface area contributed by atoms with Gasteiger partial charge in [0.05, 0.1) is 0 Å². The molecular weight excluding hydrogens is 310 g/mol. The minimum Gasteiger partial charge on any atom is -0.480 e. The molecule has 3 N–H and O–H groups in total. The van der Waals surface area contributed by atoms with Crippen LogP contribution in [0.25, 0.3) is 0 Å². The second-order valence-electron chi connectivity index (χ2n) is 5.92. The highest BCUT2D eigenvalue weighted by atomic mass is 16.4. The van der Waals surface area contributed by atoms with Gasteiger partial charge in [0.15, 0.2) is 0 Å². The van der Waals surface area contributed by atoms with Crippen molar-refractivity contribution in [1.29, 1.82) is 0 Å². The number of rotatable bonds is 7. The Hall–Kier alpha value is -2.57. The molecule has 3 amide bonds. The monoisotopic (exact) mass is 335 g/mol. The molecule has 0 spiro atoms. The fourth-order valence-corrected chi connectivity index (χ4v) is 2.12. The second-order valence-corrected chi connectivity index (χ2v) is 5.92. The zero-order chi connectivity index (χ0) is 18.3. The highest BCUT2D eigenvalue weighted by Gasteiger charge is 2.23. The van der Waals surface area contributed by atoms with Crippen LogP contribution in [0.5, 0.6) is 0 Å². The number of benzene rings is 1. The third-order valence-electron chi connectivity index (χ3n) is 3.48. The molecule has 0 aliphatic carbocycles. The van der Waals surface area contributed by atoms with Crippen molar-refractivity contribution in [2.75, 3.05) is 11.9 Å². The van der Waals surface area contributed by atoms with E-state index >= 15 is 0 Å². The van der Waals surface area contributed by atoms with E-state index in [1.165, 1.54) is 4.90 Å². The molecule has 0 heterocycles. The highest BCUT2D eigenvalue weighted by Crippen LogP contribution is 2.15. The molecule has 132 valence electrons. The third-order valence-corrected chi connectivity index (χ3v) is 3.48. The zero-order valence-corrected chi connectivity index (χ0v) is 14.5. The molecule has 0 aliphatic rings. The van der Waals surface area contributed by atoms with Gasteiger partial charge in [0.1, 0.15) is 6.54 Å². The molecule has 0 aromatic heterocycles. The first-order chi connectivity index (χ1) is 11.2. The number of amides is 3. The van der Waals surface area contributed by atoms with Crippen molar-refractivity contribution >= 4 is 23.6 Å². The number of anilines is 1. The van der Waals surface area contributed by atoms with Gasteiger partial charge in [0, 0.05) is 23.3 Å². The van der Waals surface area contributed by atoms with Crippen LogP contribution in [0.2, 0.25) is 0 Å². The summed E-state index contributed by atoms with van der Waals surface area (Å²) in [6, 6.07) is 5.89. The van der Waals surface area contributed by atoms with Gasteiger partial charge in [0.2, 0.25) is 0 Å². The van der Waals surface area contributed by atoms with Crippen molar-refractivity contribution in [2.45, 2.75) is 46.2 Å². The molecular formula is C17H25N3O4. The Kier molecular flexibility index (Phi) is 7.23. The molecule has 1 unspecified atom stereocenters. The number of aliphatic carboxylic acids is 1. The molecule has 24 heavy (non-hydrogen) atoms. The van der Waals surface area contributed by atoms with Crippen molar-refractivity contribution in [3.8, 4) is 0 Å². The SMILES string of the molecule is CCC(C)N(CC(=O)O)C(=O)c1cccc(NC(=O)NC(C)C)c1. The average molecular weight is 335 g/mol. The Bertz CT molecular complexity index is 601. The van der Waals surface area contributed by atoms with Gasteiger partial charge in [-0.15, -0.1) is 0 Å². The molecule has 7 heteroatoms. The Morgan fingerprint density at radius 1 is 1.21 bits per heavy atom. The normalized spacial score (nSPS) is 11.7. The maximum Gasteiger partial charge on any atom is 0.323 e. The van der Waals surface area contributed by atoms with Gasteiger partial charge < -0.3 is 20.6 Å². The van der Waals surface area contributed by atoms with Crippen LogP contribution in [0.15, 0.2) is 24.3 Å². The molecule has 1 rings (SSSR count). The quantitative estimate of drug-likeness (QED) is 0.713. The van der Waals surface area contributed by atoms with Crippen molar-refractivity contribution in [3.05, 3.63) is 29.8 Å². The average Bonchev–Trinajstić information content (AvgIpc) is 2.50. The summed E-state index contributed by atoms with van der Waals surface area (Å²) in [4.78, 5) is 36.7. The molecule has 7 nitrogen and oxygen atoms in total. The number of nitrogens with one attached hydrogen (secondary N) is 2. The van der Waals surface area contributed by atoms with Gasteiger partial charge in [-0.2, -0.15) is 0 Å². The first kappa shape index (κ1) is 19.5. The first-order valence-corrected chi connectivity index (χ1v) is 7.95. The lowest BCUT2D eigenvalue weighted by Gasteiger charge is -2.27. The van der Waals surface area contributed by atoms with Crippen LogP contribution in [0.4, 0.5) is 10.5 Å². The number of carbonyl (C=O) groups is 3. The lowest BCUT2D eigenvalue weighted by molar-refractivity contribution is -0.138. The fraction of sp³-hybridized carbons (Fsp3) is 0.471. The number of nitrogens with zero attached hydrogens (tertiary/aromatic N) is 1. The van der Waals surface area contributed by atoms with Gasteiger partial charge >= 0.3 is 12.0 Å². The summed E-state index contributed by atoms with van der Waals surface area (Å²) in [6.45, 7) is 7.02. The number of urea groups is 1. The van der Waals surface area contributed by atoms with Crippen LogP contribution in [-0.2, 0) is 4.79 Å². The standard InChI is InChI=1S/C17H25N3O4/c1-5-12(4)20(10-15(21)22)16(23)13-7-6-8-14(9-13)19-17(24)18-11(2)3/h6-9,11-12H,5,10H2,1-4H3,(H,21,22)(H2,18,19,24). The van der Waals surface area contributed by atoms with Gasteiger partial charge in [-0.05, 0) is 45.4 Å². The molecule has 1 aromatic carbocycles. The topological polar surface area (TPSA) is 98.7 Å². The molecule has 0 aliphatic heterocycles. The minimum atomic E-state index is -1.06. The summed E-state index contributed by atoms with van der Waals surface area (Å²) in [6.07, 6.45) is 0.647. The number of hydrogen-bond acceptors (Lipinski definition) is 3. The van der Waals surface area contributed by atoms with E-state index in [1.54, 1.807) is 31.2 Å². The Morgan fingerprint density at radius 2 is 1.88 bits per heavy atom. The molecule has 0 radical (unpaired) electrons. The Labute approximate surface area is 142 Å². The van der Waals surface area contributed by atoms with E-state index in [-0.39, 0.29) is 30.6 Å². The van der Waals surface area contributed by atoms with Crippen LogP contribution in [0.3, 0.4) is 0 Å². The van der Waals surface area contributed by atoms with Crippen LogP contribution in [-0.4, -0.2) is 46.5 Å². The van der Waals surface area contributed by atoms with Crippen LogP contribution >= 0.6 is 0 Å². The zero-order valence-electron chi connectivity index (χ0n) is 14.5. The maximum absolute atomic E-state index is 12.6. The predicted molar refractivity (Wildman–Crippen MR) is 92.2 cm³/mol. The van der Waals surface area contributed by atoms with Gasteiger partial charge in [-0.25, -0.2) is 4.79 Å². The lowest BCUT2D eigenvalue weighted by Crippen LogP contribution is -2.41. The molecule has 1 aromatic rings. The van der Waals surface area contributed by atoms with Gasteiger partial charge in [0.25, 0.3) is 5.91 Å². The molecule has 0 bridgehead atoms. The van der Waals surface area contributed by atoms with E-state index in [1.807, 2.05) is 20.8 Å². The van der Waals surface area contributed by atoms with E-state index in [0.29, 0.717) is 17.7 Å². The largest absolute Gasteiger partial charge is 0.480 e. The number of carboxylic acids is 1. The van der Waals surface area contributed by atoms with E-state index in [0.717, 1.165) is 0 Å². The van der Waals surface area contributed by atoms with Crippen molar-refractivity contribution in [2.24, 2.45) is 0 Å². The predicted octanol–water partition coefficient (Wildman–Crippen LogP) is 2.54. The maximum atomic E-state index is 12.6. The molecule has 0 saturated heterocycles. The third kappa shape index (κ3) is 5.91. The summed E-state index contributed by atoms with van der Waals surface area (Å²) in [5.41, 5.74) is 0.803. The summed E-state index contributed by atoms with van der Waals surface area (Å²) in [5.74, 6) is -1.44. The highest BCUT2D eigenvalue weighted by molar-refractivity contribution is 5.98. The van der Waals surface area contributed by atoms with Crippen LogP contribution < -0.4 is 10.6 Å². The van der Waals surface area contributed by atoms with E-state index in [4.69, 9.17) is 5.11 Å². The fourth-order valence-electron chi connectivity index (χ4n) is 2.12. The first-order valence-electron chi connectivity index (χ1n) is 7.95. The lowest BCUT2D eigenvalue weighted by atomic mass is 10.1. The summed E-state index contributed by atoms with van der Waals surface area (Å²) in [5, 5.41) is 14.4. The Morgan fingerprint density at radius 3 is 2.42 bits per heavy atom. The van der Waals surface area contributed by atoms with Gasteiger partial charge in [-0.1, -0.05) is 13.0 Å². The molecule has 0 fully saturated rings. The summed E-state index contributed by atoms with van der Waals surface area (Å²) >= 11 is 0. The number of carboxylic acid groups (broad SMARTS) is 1. The van der Waals surface area contributed by atoms with Gasteiger partial charge in [-0.3, -0.25) is 9.59 Å². The van der Waals surface area contributed by atoms with E-state index < -0.39 is 5.97 Å². The minimum absolute atomic E-state index is 0.00808. The van der Waals surface area contributed by atoms with Crippen LogP contribution in [0, 0.1) is 0 Å². The van der Waals surface area contributed by atoms with Crippen LogP contribution in [0.1, 0.15) is 44.5 Å². The number of carbonyl (C=O) groups excluding carboxylic acids is 2. The molecule has 1 atom stereocenters. The summed E-state index contributed by atoms with van der Waals surface area (Å²) in [7, 11) is 0. The van der Waals surface area contributed by atoms with E-state index in [2.05, 4.69) is 10.6 Å². The van der Waals surface area contributed by atoms with Crippen molar-refractivity contribution < 1.29 is 19.5 Å². The second kappa shape index (κ2) is 8.90. The smallest absolute Gasteiger partial charge is 0.323 e. The van der Waals surface area contributed by atoms with Crippen molar-refractivity contribution in [1.82, 2.24) is 10.2 Å². The molecule has 0 saturated carbocycles. The Balaban J connectivity index is 2.95. The summed E-state index contributed by atoms with van der Waals surface area (Å²) < 4.78 is 0.